The summed E-state index contributed by atoms with van der Waals surface area (Å²) in [5.74, 6) is 0.839. The maximum Gasteiger partial charge on any atom is 0.266 e. The lowest BCUT2D eigenvalue weighted by Crippen LogP contribution is -2.36. The van der Waals surface area contributed by atoms with E-state index >= 15 is 0 Å². The molecule has 0 spiro atoms. The van der Waals surface area contributed by atoms with Gasteiger partial charge in [-0.15, -0.1) is 0 Å². The first-order valence-electron chi connectivity index (χ1n) is 17.5. The highest BCUT2D eigenvalue weighted by atomic mass is 35.5. The molecule has 0 radical (unpaired) electrons. The topological polar surface area (TPSA) is 148 Å². The van der Waals surface area contributed by atoms with Gasteiger partial charge in [0.1, 0.15) is 5.65 Å². The lowest BCUT2D eigenvalue weighted by molar-refractivity contribution is -0.120. The van der Waals surface area contributed by atoms with E-state index in [4.69, 9.17) is 37.7 Å². The van der Waals surface area contributed by atoms with E-state index in [9.17, 15) is 14.4 Å². The number of hydrogen-bond donors (Lipinski definition) is 4. The Morgan fingerprint density at radius 3 is 1.98 bits per heavy atom. The predicted octanol–water partition coefficient (Wildman–Crippen LogP) is 5.15. The Morgan fingerprint density at radius 2 is 1.36 bits per heavy atom. The molecule has 7 rings (SSSR count). The molecule has 4 N–H and O–H groups in total. The van der Waals surface area contributed by atoms with Crippen molar-refractivity contribution >= 4 is 40.7 Å². The van der Waals surface area contributed by atoms with E-state index in [1.165, 1.54) is 11.5 Å². The first kappa shape index (κ1) is 36.4. The highest BCUT2D eigenvalue weighted by molar-refractivity contribution is 6.39. The van der Waals surface area contributed by atoms with E-state index < -0.39 is 0 Å². The molecule has 2 aromatic carbocycles. The second kappa shape index (κ2) is 15.9. The van der Waals surface area contributed by atoms with E-state index in [0.717, 1.165) is 46.2 Å². The number of amides is 2. The third kappa shape index (κ3) is 7.72. The molecule has 274 valence electrons. The number of carbonyl (C=O) groups excluding carboxylic acids is 2. The fourth-order valence-electron chi connectivity index (χ4n) is 6.89. The van der Waals surface area contributed by atoms with Crippen molar-refractivity contribution in [2.24, 2.45) is 0 Å². The van der Waals surface area contributed by atoms with Crippen LogP contribution in [0, 0.1) is 0 Å². The third-order valence-electron chi connectivity index (χ3n) is 9.65. The Hall–Kier alpha value is -5.01. The first-order chi connectivity index (χ1) is 25.7. The summed E-state index contributed by atoms with van der Waals surface area (Å²) in [6, 6.07) is 19.1. The van der Waals surface area contributed by atoms with Gasteiger partial charge < -0.3 is 30.7 Å². The summed E-state index contributed by atoms with van der Waals surface area (Å²) in [5, 5.41) is 13.5. The van der Waals surface area contributed by atoms with Crippen molar-refractivity contribution < 1.29 is 19.1 Å². The molecule has 2 atom stereocenters. The zero-order valence-corrected chi connectivity index (χ0v) is 30.8. The number of pyridine rings is 2. The second-order valence-corrected chi connectivity index (χ2v) is 13.9. The molecule has 0 unspecified atom stereocenters. The molecule has 12 nitrogen and oxygen atoms in total. The van der Waals surface area contributed by atoms with Gasteiger partial charge in [0.25, 0.3) is 5.56 Å². The molecular formula is C39H39Cl2N7O5. The minimum Gasteiger partial charge on any atom is -0.481 e. The van der Waals surface area contributed by atoms with Gasteiger partial charge in [0, 0.05) is 85.1 Å². The van der Waals surface area contributed by atoms with Gasteiger partial charge in [-0.2, -0.15) is 4.98 Å². The van der Waals surface area contributed by atoms with E-state index in [-0.39, 0.29) is 41.9 Å². The Labute approximate surface area is 316 Å². The molecule has 2 amide bonds. The number of nitrogens with one attached hydrogen (secondary N) is 4. The minimum atomic E-state index is -0.251. The van der Waals surface area contributed by atoms with Crippen LogP contribution in [-0.4, -0.2) is 65.6 Å². The van der Waals surface area contributed by atoms with Crippen LogP contribution < -0.4 is 36.3 Å². The van der Waals surface area contributed by atoms with Gasteiger partial charge in [-0.05, 0) is 36.6 Å². The molecule has 0 bridgehead atoms. The van der Waals surface area contributed by atoms with E-state index in [1.54, 1.807) is 19.4 Å². The first-order valence-corrected chi connectivity index (χ1v) is 18.2. The number of nitrogens with zero attached hydrogens (tertiary/aromatic N) is 3. The van der Waals surface area contributed by atoms with Crippen molar-refractivity contribution in [3.63, 3.8) is 0 Å². The van der Waals surface area contributed by atoms with Gasteiger partial charge in [0.2, 0.25) is 23.6 Å². The highest BCUT2D eigenvalue weighted by Gasteiger charge is 2.23. The van der Waals surface area contributed by atoms with Crippen LogP contribution in [0.5, 0.6) is 11.8 Å². The lowest BCUT2D eigenvalue weighted by Gasteiger charge is -2.16. The number of rotatable bonds is 13. The van der Waals surface area contributed by atoms with Crippen LogP contribution >= 0.6 is 23.2 Å². The average Bonchev–Trinajstić information content (AvgIpc) is 3.79. The summed E-state index contributed by atoms with van der Waals surface area (Å²) in [7, 11) is 3.07. The Kier molecular flexibility index (Phi) is 10.9. The van der Waals surface area contributed by atoms with Gasteiger partial charge in [-0.1, -0.05) is 65.7 Å². The molecule has 0 saturated carbocycles. The van der Waals surface area contributed by atoms with Crippen molar-refractivity contribution in [2.45, 2.75) is 50.9 Å². The zero-order chi connectivity index (χ0) is 37.1. The van der Waals surface area contributed by atoms with Gasteiger partial charge in [0.05, 0.1) is 35.5 Å². The fraction of sp³-hybridized carbons (Fsp3) is 0.308. The van der Waals surface area contributed by atoms with E-state index in [1.807, 2.05) is 54.6 Å². The van der Waals surface area contributed by atoms with Gasteiger partial charge >= 0.3 is 0 Å². The molecule has 2 saturated heterocycles. The number of benzene rings is 2. The highest BCUT2D eigenvalue weighted by Crippen LogP contribution is 2.42. The molecule has 5 aromatic rings. The normalized spacial score (nSPS) is 16.9. The predicted molar refractivity (Wildman–Crippen MR) is 204 cm³/mol. The second-order valence-electron chi connectivity index (χ2n) is 13.1. The smallest absolute Gasteiger partial charge is 0.266 e. The van der Waals surface area contributed by atoms with Crippen molar-refractivity contribution in [1.82, 2.24) is 35.6 Å². The van der Waals surface area contributed by atoms with Crippen LogP contribution in [0.4, 0.5) is 0 Å². The number of fused-ring (bicyclic) bond motifs is 1. The summed E-state index contributed by atoms with van der Waals surface area (Å²) >= 11 is 14.2. The molecular weight excluding hydrogens is 717 g/mol. The maximum absolute atomic E-state index is 13.6. The van der Waals surface area contributed by atoms with Crippen molar-refractivity contribution in [1.29, 1.82) is 0 Å². The van der Waals surface area contributed by atoms with Gasteiger partial charge in [-0.25, -0.2) is 4.98 Å². The number of methoxy groups -OCH3 is 2. The molecule has 2 aliphatic rings. The number of ether oxygens (including phenoxy) is 2. The number of carbonyl (C=O) groups is 2. The molecule has 5 heterocycles. The quantitative estimate of drug-likeness (QED) is 0.128. The summed E-state index contributed by atoms with van der Waals surface area (Å²) < 4.78 is 12.7. The standard InChI is InChI=1S/C39H39Cl2N7O5/c1-52-37-23(18-42-19-24-10-13-33(49)44-24)9-12-31(46-37)29-8-4-7-28(36(29)41)27-6-3-5-26(35(27)40)22-15-16-48-32(17-22)47-38(53-2)30(39(48)51)21-43-20-25-11-14-34(50)45-25/h3-9,12,15-17,24-25,42-43H,10-11,13-14,18-21H2,1-2H3,(H,44,49)(H,45,50)/t24-,25-/m0/s1. The number of hydrogen-bond acceptors (Lipinski definition) is 9. The molecule has 14 heteroatoms. The monoisotopic (exact) mass is 755 g/mol. The molecule has 2 aliphatic heterocycles. The van der Waals surface area contributed by atoms with Crippen LogP contribution in [0.1, 0.15) is 36.8 Å². The lowest BCUT2D eigenvalue weighted by atomic mass is 9.97. The van der Waals surface area contributed by atoms with Gasteiger partial charge in [-0.3, -0.25) is 18.8 Å². The Balaban J connectivity index is 1.13. The summed E-state index contributed by atoms with van der Waals surface area (Å²) in [5.41, 5.74) is 5.75. The Bertz CT molecular complexity index is 2260. The minimum absolute atomic E-state index is 0.0321. The van der Waals surface area contributed by atoms with Crippen molar-refractivity contribution in [2.75, 3.05) is 27.3 Å². The molecule has 3 aromatic heterocycles. The largest absolute Gasteiger partial charge is 0.481 e. The molecule has 0 aliphatic carbocycles. The summed E-state index contributed by atoms with van der Waals surface area (Å²) in [6.07, 6.45) is 4.33. The van der Waals surface area contributed by atoms with Crippen LogP contribution in [0.15, 0.2) is 71.7 Å². The SMILES string of the molecule is COc1nc(-c2cccc(-c3cccc(-c4ccn5c(=O)c(CNC[C@@H]6CCC(=O)N6)c(OC)nc5c4)c3Cl)c2Cl)ccc1CNC[C@@H]1CCC(=O)N1. The summed E-state index contributed by atoms with van der Waals surface area (Å²) in [6.45, 7) is 1.98. The van der Waals surface area contributed by atoms with E-state index in [2.05, 4.69) is 26.3 Å². The van der Waals surface area contributed by atoms with Crippen LogP contribution in [-0.2, 0) is 22.7 Å². The van der Waals surface area contributed by atoms with E-state index in [0.29, 0.717) is 65.3 Å². The van der Waals surface area contributed by atoms with Crippen LogP contribution in [0.3, 0.4) is 0 Å². The van der Waals surface area contributed by atoms with Gasteiger partial charge in [0.15, 0.2) is 0 Å². The molecule has 53 heavy (non-hydrogen) atoms. The summed E-state index contributed by atoms with van der Waals surface area (Å²) in [4.78, 5) is 46.1. The fourth-order valence-corrected chi connectivity index (χ4v) is 7.55. The van der Waals surface area contributed by atoms with Crippen molar-refractivity contribution in [3.8, 4) is 45.3 Å². The Morgan fingerprint density at radius 1 is 0.755 bits per heavy atom. The maximum atomic E-state index is 13.6. The van der Waals surface area contributed by atoms with Crippen molar-refractivity contribution in [3.05, 3.63) is 98.4 Å². The molecule has 2 fully saturated rings. The van der Waals surface area contributed by atoms with Crippen LogP contribution in [0.2, 0.25) is 10.0 Å². The zero-order valence-electron chi connectivity index (χ0n) is 29.3. The number of aromatic nitrogens is 3. The third-order valence-corrected chi connectivity index (χ3v) is 10.5. The average molecular weight is 757 g/mol. The van der Waals surface area contributed by atoms with Crippen LogP contribution in [0.25, 0.3) is 39.2 Å². The number of halogens is 2.